The second kappa shape index (κ2) is 6.07. The van der Waals surface area contributed by atoms with Gasteiger partial charge in [-0.3, -0.25) is 9.52 Å². The Morgan fingerprint density at radius 1 is 1.40 bits per heavy atom. The van der Waals surface area contributed by atoms with Gasteiger partial charge in [0, 0.05) is 12.5 Å². The van der Waals surface area contributed by atoms with E-state index in [-0.39, 0.29) is 18.2 Å². The van der Waals surface area contributed by atoms with Crippen molar-refractivity contribution in [2.45, 2.75) is 32.7 Å². The van der Waals surface area contributed by atoms with Gasteiger partial charge in [-0.05, 0) is 27.4 Å². The average molecular weight is 236 g/mol. The van der Waals surface area contributed by atoms with Crippen molar-refractivity contribution < 1.29 is 13.2 Å². The molecule has 15 heavy (non-hydrogen) atoms. The second-order valence-corrected chi connectivity index (χ2v) is 5.64. The number of carbonyl (C=O) groups is 1. The van der Waals surface area contributed by atoms with Gasteiger partial charge in [-0.15, -0.1) is 0 Å². The fraction of sp³-hybridized carbons (Fsp3) is 0.889. The summed E-state index contributed by atoms with van der Waals surface area (Å²) in [4.78, 5) is 12.8. The molecule has 0 aromatic rings. The number of hydrogen-bond acceptors (Lipinski definition) is 4. The summed E-state index contributed by atoms with van der Waals surface area (Å²) in [6.07, 6.45) is 0.696. The van der Waals surface area contributed by atoms with Crippen LogP contribution in [0.4, 0.5) is 0 Å². The van der Waals surface area contributed by atoms with Gasteiger partial charge in [0.15, 0.2) is 0 Å². The fourth-order valence-electron chi connectivity index (χ4n) is 0.881. The van der Waals surface area contributed by atoms with E-state index in [0.717, 1.165) is 0 Å². The van der Waals surface area contributed by atoms with Crippen LogP contribution in [0.25, 0.3) is 0 Å². The standard InChI is InChI=1S/C9H20N2O3S/c1-5-9(12)10-15(13,14)7-6-8(2)11(3)4/h8H,5-7H2,1-4H3,(H,10,12). The van der Waals surface area contributed by atoms with Crippen LogP contribution in [0.2, 0.25) is 0 Å². The molecule has 5 nitrogen and oxygen atoms in total. The van der Waals surface area contributed by atoms with E-state index in [2.05, 4.69) is 0 Å². The first kappa shape index (κ1) is 14.4. The lowest BCUT2D eigenvalue weighted by atomic mass is 10.2. The van der Waals surface area contributed by atoms with E-state index in [4.69, 9.17) is 0 Å². The second-order valence-electron chi connectivity index (χ2n) is 3.80. The summed E-state index contributed by atoms with van der Waals surface area (Å²) in [5.41, 5.74) is 0. The molecule has 1 N–H and O–H groups in total. The highest BCUT2D eigenvalue weighted by molar-refractivity contribution is 7.90. The van der Waals surface area contributed by atoms with Crippen LogP contribution in [-0.2, 0) is 14.8 Å². The summed E-state index contributed by atoms with van der Waals surface area (Å²) in [6, 6.07) is 0.179. The molecular formula is C9H20N2O3S. The SMILES string of the molecule is CCC(=O)NS(=O)(=O)CCC(C)N(C)C. The van der Waals surface area contributed by atoms with Crippen LogP contribution < -0.4 is 4.72 Å². The van der Waals surface area contributed by atoms with E-state index >= 15 is 0 Å². The van der Waals surface area contributed by atoms with Crippen molar-refractivity contribution in [1.29, 1.82) is 0 Å². The number of hydrogen-bond donors (Lipinski definition) is 1. The molecular weight excluding hydrogens is 216 g/mol. The zero-order valence-electron chi connectivity index (χ0n) is 9.78. The fourth-order valence-corrected chi connectivity index (χ4v) is 2.13. The number of amides is 1. The molecule has 0 aliphatic rings. The van der Waals surface area contributed by atoms with Gasteiger partial charge >= 0.3 is 0 Å². The Balaban J connectivity index is 4.11. The van der Waals surface area contributed by atoms with Crippen molar-refractivity contribution in [2.24, 2.45) is 0 Å². The van der Waals surface area contributed by atoms with Gasteiger partial charge in [0.25, 0.3) is 0 Å². The maximum Gasteiger partial charge on any atom is 0.234 e. The number of nitrogens with one attached hydrogen (secondary N) is 1. The van der Waals surface area contributed by atoms with E-state index in [1.165, 1.54) is 0 Å². The van der Waals surface area contributed by atoms with Gasteiger partial charge in [0.05, 0.1) is 5.75 Å². The van der Waals surface area contributed by atoms with Crippen molar-refractivity contribution in [3.8, 4) is 0 Å². The Kier molecular flexibility index (Phi) is 5.82. The highest BCUT2D eigenvalue weighted by Crippen LogP contribution is 2.00. The molecule has 1 amide bonds. The molecule has 0 rings (SSSR count). The van der Waals surface area contributed by atoms with Gasteiger partial charge in [-0.25, -0.2) is 8.42 Å². The minimum atomic E-state index is -3.45. The molecule has 0 aromatic heterocycles. The Morgan fingerprint density at radius 3 is 2.33 bits per heavy atom. The molecule has 0 fully saturated rings. The third-order valence-corrected chi connectivity index (χ3v) is 3.59. The predicted octanol–water partition coefficient (Wildman–Crippen LogP) is 0.183. The summed E-state index contributed by atoms with van der Waals surface area (Å²) in [7, 11) is 0.334. The van der Waals surface area contributed by atoms with Crippen LogP contribution in [0.3, 0.4) is 0 Å². The van der Waals surface area contributed by atoms with Crippen molar-refractivity contribution in [3.05, 3.63) is 0 Å². The Bertz CT molecular complexity index is 298. The van der Waals surface area contributed by atoms with Crippen molar-refractivity contribution in [2.75, 3.05) is 19.8 Å². The molecule has 1 unspecified atom stereocenters. The lowest BCUT2D eigenvalue weighted by Gasteiger charge is -2.19. The van der Waals surface area contributed by atoms with E-state index < -0.39 is 15.9 Å². The van der Waals surface area contributed by atoms with Crippen LogP contribution in [-0.4, -0.2) is 45.1 Å². The summed E-state index contributed by atoms with van der Waals surface area (Å²) in [6.45, 7) is 3.56. The summed E-state index contributed by atoms with van der Waals surface area (Å²) in [5, 5.41) is 0. The smallest absolute Gasteiger partial charge is 0.234 e. The molecule has 90 valence electrons. The molecule has 0 aliphatic carbocycles. The first-order valence-corrected chi connectivity index (χ1v) is 6.63. The first-order valence-electron chi connectivity index (χ1n) is 4.98. The molecule has 0 heterocycles. The third kappa shape index (κ3) is 6.46. The maximum absolute atomic E-state index is 11.4. The largest absolute Gasteiger partial charge is 0.307 e. The Hall–Kier alpha value is -0.620. The monoisotopic (exact) mass is 236 g/mol. The van der Waals surface area contributed by atoms with Crippen molar-refractivity contribution in [1.82, 2.24) is 9.62 Å². The van der Waals surface area contributed by atoms with Crippen LogP contribution >= 0.6 is 0 Å². The minimum Gasteiger partial charge on any atom is -0.307 e. The topological polar surface area (TPSA) is 66.5 Å². The quantitative estimate of drug-likeness (QED) is 0.714. The maximum atomic E-state index is 11.4. The van der Waals surface area contributed by atoms with Crippen LogP contribution in [0.5, 0.6) is 0 Å². The Labute approximate surface area is 91.9 Å². The van der Waals surface area contributed by atoms with E-state index in [0.29, 0.717) is 6.42 Å². The summed E-state index contributed by atoms with van der Waals surface area (Å²) in [5.74, 6) is -0.467. The molecule has 0 aromatic carbocycles. The van der Waals surface area contributed by atoms with Crippen molar-refractivity contribution >= 4 is 15.9 Å². The molecule has 0 saturated heterocycles. The van der Waals surface area contributed by atoms with Gasteiger partial charge < -0.3 is 4.90 Å². The first-order chi connectivity index (χ1) is 6.78. The molecule has 6 heteroatoms. The summed E-state index contributed by atoms with van der Waals surface area (Å²) < 4.78 is 24.8. The zero-order chi connectivity index (χ0) is 12.1. The minimum absolute atomic E-state index is 0.0158. The molecule has 0 saturated carbocycles. The van der Waals surface area contributed by atoms with E-state index in [1.807, 2.05) is 30.6 Å². The lowest BCUT2D eigenvalue weighted by Crippen LogP contribution is -2.34. The van der Waals surface area contributed by atoms with Crippen LogP contribution in [0.1, 0.15) is 26.7 Å². The highest BCUT2D eigenvalue weighted by atomic mass is 32.2. The lowest BCUT2D eigenvalue weighted by molar-refractivity contribution is -0.119. The van der Waals surface area contributed by atoms with E-state index in [1.54, 1.807) is 6.92 Å². The third-order valence-electron chi connectivity index (χ3n) is 2.28. The van der Waals surface area contributed by atoms with Crippen molar-refractivity contribution in [3.63, 3.8) is 0 Å². The highest BCUT2D eigenvalue weighted by Gasteiger charge is 2.15. The average Bonchev–Trinajstić information content (AvgIpc) is 2.13. The number of carbonyl (C=O) groups excluding carboxylic acids is 1. The number of rotatable bonds is 6. The van der Waals surface area contributed by atoms with Gasteiger partial charge in [0.1, 0.15) is 0 Å². The number of nitrogens with zero attached hydrogens (tertiary/aromatic N) is 1. The molecule has 0 aliphatic heterocycles. The molecule has 1 atom stereocenters. The molecule has 0 spiro atoms. The predicted molar refractivity (Wildman–Crippen MR) is 60.0 cm³/mol. The van der Waals surface area contributed by atoms with Crippen LogP contribution in [0.15, 0.2) is 0 Å². The van der Waals surface area contributed by atoms with Gasteiger partial charge in [0.2, 0.25) is 15.9 Å². The van der Waals surface area contributed by atoms with Gasteiger partial charge in [-0.2, -0.15) is 0 Å². The normalized spacial score (nSPS) is 13.9. The molecule has 0 bridgehead atoms. The summed E-state index contributed by atoms with van der Waals surface area (Å²) >= 11 is 0. The van der Waals surface area contributed by atoms with Crippen LogP contribution in [0, 0.1) is 0 Å². The van der Waals surface area contributed by atoms with Gasteiger partial charge in [-0.1, -0.05) is 6.92 Å². The Morgan fingerprint density at radius 2 is 1.93 bits per heavy atom. The zero-order valence-corrected chi connectivity index (χ0v) is 10.6. The molecule has 0 radical (unpaired) electrons. The van der Waals surface area contributed by atoms with E-state index in [9.17, 15) is 13.2 Å². The number of sulfonamides is 1.